The number of amides is 1. The molecule has 1 aliphatic rings. The zero-order valence-corrected chi connectivity index (χ0v) is 20.1. The van der Waals surface area contributed by atoms with Gasteiger partial charge >= 0.3 is 0 Å². The van der Waals surface area contributed by atoms with E-state index in [4.69, 9.17) is 14.2 Å². The normalized spacial score (nSPS) is 14.1. The highest BCUT2D eigenvalue weighted by atomic mass is 32.1. The summed E-state index contributed by atoms with van der Waals surface area (Å²) >= 11 is 1.44. The van der Waals surface area contributed by atoms with Crippen molar-refractivity contribution in [3.8, 4) is 27.8 Å². The predicted octanol–water partition coefficient (Wildman–Crippen LogP) is 3.84. The van der Waals surface area contributed by atoms with Gasteiger partial charge < -0.3 is 29.3 Å². The average molecular weight is 469 g/mol. The van der Waals surface area contributed by atoms with E-state index in [0.717, 1.165) is 36.8 Å². The summed E-state index contributed by atoms with van der Waals surface area (Å²) in [5.41, 5.74) is 3.08. The van der Waals surface area contributed by atoms with E-state index >= 15 is 0 Å². The summed E-state index contributed by atoms with van der Waals surface area (Å²) in [5, 5.41) is 5.42. The highest BCUT2D eigenvalue weighted by Crippen LogP contribution is 2.40. The van der Waals surface area contributed by atoms with Crippen LogP contribution in [0.3, 0.4) is 0 Å². The topological polar surface area (TPSA) is 76.2 Å². The first-order valence-electron chi connectivity index (χ1n) is 10.6. The molecule has 0 saturated carbocycles. The number of hydrogen-bond acceptors (Lipinski definition) is 8. The molecule has 0 bridgehead atoms. The predicted molar refractivity (Wildman–Crippen MR) is 131 cm³/mol. The van der Waals surface area contributed by atoms with E-state index in [1.54, 1.807) is 17.5 Å². The second-order valence-electron chi connectivity index (χ2n) is 7.74. The molecular formula is C24H28N4O4S. The second kappa shape index (κ2) is 10.1. The van der Waals surface area contributed by atoms with E-state index in [1.165, 1.54) is 38.4 Å². The fraction of sp³-hybridized carbons (Fsp3) is 0.333. The first kappa shape index (κ1) is 22.9. The molecule has 0 unspecified atom stereocenters. The van der Waals surface area contributed by atoms with Crippen LogP contribution < -0.4 is 24.4 Å². The van der Waals surface area contributed by atoms with Crippen LogP contribution in [0.2, 0.25) is 0 Å². The smallest absolute Gasteiger partial charge is 0.275 e. The van der Waals surface area contributed by atoms with Crippen LogP contribution in [0.5, 0.6) is 17.2 Å². The lowest BCUT2D eigenvalue weighted by Crippen LogP contribution is -2.44. The monoisotopic (exact) mass is 468 g/mol. The van der Waals surface area contributed by atoms with Crippen molar-refractivity contribution in [2.45, 2.75) is 0 Å². The number of benzene rings is 2. The van der Waals surface area contributed by atoms with Crippen LogP contribution in [0.1, 0.15) is 10.5 Å². The summed E-state index contributed by atoms with van der Waals surface area (Å²) in [6, 6.07) is 11.7. The standard InChI is InChI=1S/C24H28N4O4S/c1-27-9-11-28(12-10-27)18-7-5-16(6-8-18)24-26-19(15-33-24)23(29)25-17-13-20(30-2)22(32-4)21(14-17)31-3/h5-8,13-15H,9-12H2,1-4H3,(H,25,29). The van der Waals surface area contributed by atoms with Crippen LogP contribution in [-0.2, 0) is 0 Å². The molecule has 1 saturated heterocycles. The number of ether oxygens (including phenoxy) is 3. The van der Waals surface area contributed by atoms with Gasteiger partial charge in [-0.2, -0.15) is 0 Å². The fourth-order valence-corrected chi connectivity index (χ4v) is 4.54. The SMILES string of the molecule is COc1cc(NC(=O)c2csc(-c3ccc(N4CCN(C)CC4)cc3)n2)cc(OC)c1OC. The Morgan fingerprint density at radius 2 is 1.61 bits per heavy atom. The Hall–Kier alpha value is -3.30. The number of carbonyl (C=O) groups excluding carboxylic acids is 1. The summed E-state index contributed by atoms with van der Waals surface area (Å²) in [4.78, 5) is 22.1. The van der Waals surface area contributed by atoms with Crippen LogP contribution in [0, 0.1) is 0 Å². The molecule has 0 atom stereocenters. The molecule has 1 aliphatic heterocycles. The van der Waals surface area contributed by atoms with Gasteiger partial charge in [-0.15, -0.1) is 11.3 Å². The minimum Gasteiger partial charge on any atom is -0.493 e. The lowest BCUT2D eigenvalue weighted by Gasteiger charge is -2.34. The van der Waals surface area contributed by atoms with Crippen molar-refractivity contribution in [3.63, 3.8) is 0 Å². The maximum Gasteiger partial charge on any atom is 0.275 e. The zero-order chi connectivity index (χ0) is 23.4. The molecule has 2 heterocycles. The molecule has 4 rings (SSSR count). The molecule has 174 valence electrons. The van der Waals surface area contributed by atoms with Gasteiger partial charge in [0.25, 0.3) is 5.91 Å². The Bertz CT molecular complexity index is 1080. The molecule has 1 amide bonds. The van der Waals surface area contributed by atoms with Gasteiger partial charge in [-0.05, 0) is 31.3 Å². The van der Waals surface area contributed by atoms with Crippen molar-refractivity contribution in [2.24, 2.45) is 0 Å². The van der Waals surface area contributed by atoms with Gasteiger partial charge in [0.15, 0.2) is 11.5 Å². The summed E-state index contributed by atoms with van der Waals surface area (Å²) in [6.45, 7) is 4.19. The number of aromatic nitrogens is 1. The Balaban J connectivity index is 1.46. The van der Waals surface area contributed by atoms with E-state index in [0.29, 0.717) is 28.6 Å². The number of piperazine rings is 1. The third kappa shape index (κ3) is 5.04. The van der Waals surface area contributed by atoms with Crippen molar-refractivity contribution in [1.82, 2.24) is 9.88 Å². The Morgan fingerprint density at radius 1 is 0.970 bits per heavy atom. The zero-order valence-electron chi connectivity index (χ0n) is 19.3. The van der Waals surface area contributed by atoms with E-state index in [2.05, 4.69) is 51.4 Å². The molecule has 2 aromatic carbocycles. The summed E-state index contributed by atoms with van der Waals surface area (Å²) in [5.74, 6) is 1.09. The van der Waals surface area contributed by atoms with Crippen LogP contribution in [0.25, 0.3) is 10.6 Å². The van der Waals surface area contributed by atoms with Crippen molar-refractivity contribution in [2.75, 3.05) is 64.8 Å². The van der Waals surface area contributed by atoms with Gasteiger partial charge in [-0.25, -0.2) is 4.98 Å². The Labute approximate surface area is 197 Å². The first-order chi connectivity index (χ1) is 16.0. The molecule has 1 N–H and O–H groups in total. The number of nitrogens with zero attached hydrogens (tertiary/aromatic N) is 3. The molecule has 3 aromatic rings. The maximum absolute atomic E-state index is 12.8. The van der Waals surface area contributed by atoms with E-state index < -0.39 is 0 Å². The van der Waals surface area contributed by atoms with Crippen molar-refractivity contribution in [1.29, 1.82) is 0 Å². The number of rotatable bonds is 7. The van der Waals surface area contributed by atoms with Crippen LogP contribution in [-0.4, -0.2) is 70.3 Å². The fourth-order valence-electron chi connectivity index (χ4n) is 3.74. The molecule has 33 heavy (non-hydrogen) atoms. The van der Waals surface area contributed by atoms with Crippen molar-refractivity contribution < 1.29 is 19.0 Å². The lowest BCUT2D eigenvalue weighted by atomic mass is 10.2. The van der Waals surface area contributed by atoms with Gasteiger partial charge in [0.1, 0.15) is 10.7 Å². The number of hydrogen-bond donors (Lipinski definition) is 1. The van der Waals surface area contributed by atoms with Crippen molar-refractivity contribution >= 4 is 28.6 Å². The second-order valence-corrected chi connectivity index (χ2v) is 8.60. The third-order valence-corrected chi connectivity index (χ3v) is 6.53. The van der Waals surface area contributed by atoms with E-state index in [-0.39, 0.29) is 5.91 Å². The minimum absolute atomic E-state index is 0.305. The van der Waals surface area contributed by atoms with Gasteiger partial charge in [-0.1, -0.05) is 0 Å². The maximum atomic E-state index is 12.8. The number of carbonyl (C=O) groups is 1. The number of likely N-dealkylation sites (N-methyl/N-ethyl adjacent to an activating group) is 1. The molecule has 1 fully saturated rings. The summed E-state index contributed by atoms with van der Waals surface area (Å²) < 4.78 is 16.0. The highest BCUT2D eigenvalue weighted by Gasteiger charge is 2.18. The minimum atomic E-state index is -0.305. The number of nitrogens with one attached hydrogen (secondary N) is 1. The first-order valence-corrected chi connectivity index (χ1v) is 11.5. The Kier molecular flexibility index (Phi) is 7.00. The number of thiazole rings is 1. The van der Waals surface area contributed by atoms with Crippen LogP contribution in [0.4, 0.5) is 11.4 Å². The van der Waals surface area contributed by atoms with Crippen molar-refractivity contribution in [3.05, 3.63) is 47.5 Å². The average Bonchev–Trinajstić information content (AvgIpc) is 3.34. The van der Waals surface area contributed by atoms with E-state index in [1.807, 2.05) is 0 Å². The molecular weight excluding hydrogens is 440 g/mol. The number of anilines is 2. The molecule has 9 heteroatoms. The van der Waals surface area contributed by atoms with Crippen LogP contribution >= 0.6 is 11.3 Å². The third-order valence-electron chi connectivity index (χ3n) is 5.64. The highest BCUT2D eigenvalue weighted by molar-refractivity contribution is 7.13. The largest absolute Gasteiger partial charge is 0.493 e. The quantitative estimate of drug-likeness (QED) is 0.565. The van der Waals surface area contributed by atoms with Gasteiger partial charge in [0.2, 0.25) is 5.75 Å². The molecule has 0 spiro atoms. The summed E-state index contributed by atoms with van der Waals surface area (Å²) in [7, 11) is 6.75. The van der Waals surface area contributed by atoms with E-state index in [9.17, 15) is 4.79 Å². The van der Waals surface area contributed by atoms with Gasteiger partial charge in [0, 0.05) is 60.6 Å². The van der Waals surface area contributed by atoms with Gasteiger partial charge in [-0.3, -0.25) is 4.79 Å². The van der Waals surface area contributed by atoms with Gasteiger partial charge in [0.05, 0.1) is 21.3 Å². The molecule has 0 radical (unpaired) electrons. The molecule has 1 aromatic heterocycles. The summed E-state index contributed by atoms with van der Waals surface area (Å²) in [6.07, 6.45) is 0. The molecule has 0 aliphatic carbocycles. The molecule has 8 nitrogen and oxygen atoms in total. The Morgan fingerprint density at radius 3 is 2.18 bits per heavy atom. The lowest BCUT2D eigenvalue weighted by molar-refractivity contribution is 0.102. The number of methoxy groups -OCH3 is 3. The van der Waals surface area contributed by atoms with Crippen LogP contribution in [0.15, 0.2) is 41.8 Å².